The van der Waals surface area contributed by atoms with E-state index in [1.165, 1.54) is 36.4 Å². The zero-order chi connectivity index (χ0) is 27.4. The summed E-state index contributed by atoms with van der Waals surface area (Å²) in [6, 6.07) is 9.96. The standard InChI is InChI=1S/C29H28F8/c1-3-4-5-6-15-29(36,37)17-21-12-14-23(27(33)25(21)31)19-9-7-18(8-10-19)22-13-11-20(16-28(2,34)35)24(30)26(22)32/h7-14H,3-6,15-17H2,1-2H3. The quantitative estimate of drug-likeness (QED) is 0.172. The average Bonchev–Trinajstić information content (AvgIpc) is 2.82. The van der Waals surface area contributed by atoms with Crippen LogP contribution >= 0.6 is 0 Å². The molecule has 0 nitrogen and oxygen atoms in total. The lowest BCUT2D eigenvalue weighted by Gasteiger charge is -2.17. The molecule has 200 valence electrons. The van der Waals surface area contributed by atoms with E-state index in [2.05, 4.69) is 0 Å². The highest BCUT2D eigenvalue weighted by Crippen LogP contribution is 2.34. The molecule has 0 saturated heterocycles. The van der Waals surface area contributed by atoms with Crippen LogP contribution in [0.1, 0.15) is 57.1 Å². The average molecular weight is 529 g/mol. The highest BCUT2D eigenvalue weighted by Gasteiger charge is 2.31. The molecule has 8 heteroatoms. The summed E-state index contributed by atoms with van der Waals surface area (Å²) >= 11 is 0. The monoisotopic (exact) mass is 528 g/mol. The van der Waals surface area contributed by atoms with E-state index in [4.69, 9.17) is 0 Å². The minimum absolute atomic E-state index is 0.175. The first kappa shape index (κ1) is 28.7. The van der Waals surface area contributed by atoms with Crippen LogP contribution in [-0.2, 0) is 12.8 Å². The number of unbranched alkanes of at least 4 members (excludes halogenated alkanes) is 3. The van der Waals surface area contributed by atoms with Gasteiger partial charge in [0.05, 0.1) is 0 Å². The lowest BCUT2D eigenvalue weighted by molar-refractivity contribution is -0.0103. The Hall–Kier alpha value is -2.90. The molecule has 0 amide bonds. The number of benzene rings is 3. The summed E-state index contributed by atoms with van der Waals surface area (Å²) in [7, 11) is 0. The van der Waals surface area contributed by atoms with Crippen molar-refractivity contribution in [2.75, 3.05) is 0 Å². The zero-order valence-corrected chi connectivity index (χ0v) is 20.6. The van der Waals surface area contributed by atoms with Crippen molar-refractivity contribution in [1.82, 2.24) is 0 Å². The first-order valence-corrected chi connectivity index (χ1v) is 12.1. The van der Waals surface area contributed by atoms with Crippen LogP contribution in [0.15, 0.2) is 48.5 Å². The SMILES string of the molecule is CCCCCCC(F)(F)Cc1ccc(-c2ccc(-c3ccc(CC(C)(F)F)c(F)c3F)cc2)c(F)c1F. The molecule has 0 heterocycles. The maximum atomic E-state index is 14.8. The Morgan fingerprint density at radius 1 is 0.568 bits per heavy atom. The maximum absolute atomic E-state index is 14.8. The van der Waals surface area contributed by atoms with E-state index >= 15 is 0 Å². The molecule has 3 aromatic rings. The van der Waals surface area contributed by atoms with Gasteiger partial charge in [-0.05, 0) is 35.6 Å². The molecule has 0 unspecified atom stereocenters. The fraction of sp³-hybridized carbons (Fsp3) is 0.379. The van der Waals surface area contributed by atoms with E-state index < -0.39 is 65.5 Å². The van der Waals surface area contributed by atoms with Gasteiger partial charge in [-0.3, -0.25) is 0 Å². The van der Waals surface area contributed by atoms with Crippen LogP contribution in [0.25, 0.3) is 22.3 Å². The van der Waals surface area contributed by atoms with Crippen molar-refractivity contribution in [3.8, 4) is 22.3 Å². The summed E-state index contributed by atoms with van der Waals surface area (Å²) in [5.74, 6) is -11.7. The predicted octanol–water partition coefficient (Wildman–Crippen LogP) is 9.92. The molecule has 0 atom stereocenters. The van der Waals surface area contributed by atoms with Gasteiger partial charge in [-0.2, -0.15) is 0 Å². The van der Waals surface area contributed by atoms with Crippen molar-refractivity contribution in [2.45, 2.75) is 70.6 Å². The fourth-order valence-corrected chi connectivity index (χ4v) is 4.24. The lowest BCUT2D eigenvalue weighted by Crippen LogP contribution is -2.20. The van der Waals surface area contributed by atoms with Gasteiger partial charge in [0.1, 0.15) is 0 Å². The number of alkyl halides is 4. The normalized spacial score (nSPS) is 12.3. The van der Waals surface area contributed by atoms with E-state index in [9.17, 15) is 35.1 Å². The van der Waals surface area contributed by atoms with Gasteiger partial charge in [0.25, 0.3) is 5.92 Å². The van der Waals surface area contributed by atoms with E-state index in [-0.39, 0.29) is 22.3 Å². The molecule has 3 rings (SSSR count). The second-order valence-electron chi connectivity index (χ2n) is 9.47. The molecule has 0 fully saturated rings. The smallest absolute Gasteiger partial charge is 0.207 e. The van der Waals surface area contributed by atoms with Crippen LogP contribution in [0.2, 0.25) is 0 Å². The summed E-state index contributed by atoms with van der Waals surface area (Å²) in [6.45, 7) is 2.56. The Labute approximate surface area is 211 Å². The molecule has 0 aliphatic carbocycles. The molecule has 0 N–H and O–H groups in total. The van der Waals surface area contributed by atoms with Gasteiger partial charge in [0, 0.05) is 30.4 Å². The van der Waals surface area contributed by atoms with Gasteiger partial charge in [-0.25, -0.2) is 35.1 Å². The largest absolute Gasteiger partial charge is 0.252 e. The van der Waals surface area contributed by atoms with Crippen molar-refractivity contribution < 1.29 is 35.1 Å². The van der Waals surface area contributed by atoms with Crippen molar-refractivity contribution in [1.29, 1.82) is 0 Å². The van der Waals surface area contributed by atoms with Crippen LogP contribution < -0.4 is 0 Å². The predicted molar refractivity (Wildman–Crippen MR) is 129 cm³/mol. The van der Waals surface area contributed by atoms with Crippen molar-refractivity contribution in [2.24, 2.45) is 0 Å². The molecular formula is C29H28F8. The molecule has 0 bridgehead atoms. The lowest BCUT2D eigenvalue weighted by atomic mass is 9.95. The molecule has 0 saturated carbocycles. The van der Waals surface area contributed by atoms with Crippen LogP contribution in [-0.4, -0.2) is 11.8 Å². The van der Waals surface area contributed by atoms with Crippen LogP contribution in [0.3, 0.4) is 0 Å². The van der Waals surface area contributed by atoms with E-state index in [1.807, 2.05) is 6.92 Å². The molecule has 0 aliphatic heterocycles. The second-order valence-corrected chi connectivity index (χ2v) is 9.47. The molecule has 0 aliphatic rings. The first-order chi connectivity index (χ1) is 17.3. The summed E-state index contributed by atoms with van der Waals surface area (Å²) in [5, 5.41) is 0. The van der Waals surface area contributed by atoms with Crippen molar-refractivity contribution in [3.63, 3.8) is 0 Å². The van der Waals surface area contributed by atoms with Gasteiger partial charge in [-0.15, -0.1) is 0 Å². The Balaban J connectivity index is 1.80. The Bertz CT molecular complexity index is 1210. The third-order valence-corrected chi connectivity index (χ3v) is 6.18. The number of hydrogen-bond donors (Lipinski definition) is 0. The Morgan fingerprint density at radius 3 is 1.46 bits per heavy atom. The van der Waals surface area contributed by atoms with Crippen LogP contribution in [0.4, 0.5) is 35.1 Å². The molecular weight excluding hydrogens is 500 g/mol. The van der Waals surface area contributed by atoms with Crippen LogP contribution in [0, 0.1) is 23.3 Å². The molecule has 0 radical (unpaired) electrons. The Morgan fingerprint density at radius 2 is 1.03 bits per heavy atom. The van der Waals surface area contributed by atoms with Gasteiger partial charge in [-0.1, -0.05) is 74.7 Å². The second kappa shape index (κ2) is 11.7. The fourth-order valence-electron chi connectivity index (χ4n) is 4.24. The topological polar surface area (TPSA) is 0 Å². The summed E-state index contributed by atoms with van der Waals surface area (Å²) < 4.78 is 113. The van der Waals surface area contributed by atoms with E-state index in [1.54, 1.807) is 0 Å². The van der Waals surface area contributed by atoms with Gasteiger partial charge in [0.2, 0.25) is 5.92 Å². The van der Waals surface area contributed by atoms with Gasteiger partial charge < -0.3 is 0 Å². The minimum atomic E-state index is -3.21. The van der Waals surface area contributed by atoms with E-state index in [0.717, 1.165) is 25.0 Å². The Kier molecular flexibility index (Phi) is 9.03. The maximum Gasteiger partial charge on any atom is 0.252 e. The zero-order valence-electron chi connectivity index (χ0n) is 20.6. The molecule has 0 aromatic heterocycles. The van der Waals surface area contributed by atoms with Crippen molar-refractivity contribution in [3.05, 3.63) is 82.9 Å². The molecule has 0 spiro atoms. The third kappa shape index (κ3) is 7.33. The van der Waals surface area contributed by atoms with E-state index in [0.29, 0.717) is 19.8 Å². The highest BCUT2D eigenvalue weighted by molar-refractivity contribution is 5.71. The first-order valence-electron chi connectivity index (χ1n) is 12.1. The van der Waals surface area contributed by atoms with Gasteiger partial charge in [0.15, 0.2) is 23.3 Å². The minimum Gasteiger partial charge on any atom is -0.207 e. The molecule has 3 aromatic carbocycles. The number of halogens is 8. The number of rotatable bonds is 11. The third-order valence-electron chi connectivity index (χ3n) is 6.18. The van der Waals surface area contributed by atoms with Crippen LogP contribution in [0.5, 0.6) is 0 Å². The summed E-state index contributed by atoms with van der Waals surface area (Å²) in [6.07, 6.45) is 0.396. The highest BCUT2D eigenvalue weighted by atomic mass is 19.3. The number of hydrogen-bond acceptors (Lipinski definition) is 0. The summed E-state index contributed by atoms with van der Waals surface area (Å²) in [4.78, 5) is 0. The van der Waals surface area contributed by atoms with Gasteiger partial charge >= 0.3 is 0 Å². The summed E-state index contributed by atoms with van der Waals surface area (Å²) in [5.41, 5.74) is -0.860. The van der Waals surface area contributed by atoms with Crippen molar-refractivity contribution >= 4 is 0 Å². The molecule has 37 heavy (non-hydrogen) atoms.